The predicted molar refractivity (Wildman–Crippen MR) is 246 cm³/mol. The van der Waals surface area contributed by atoms with Gasteiger partial charge in [-0.25, -0.2) is 4.79 Å². The Morgan fingerprint density at radius 1 is 0.846 bits per heavy atom. The zero-order valence-corrected chi connectivity index (χ0v) is 40.7. The molecule has 14 heteroatoms. The van der Waals surface area contributed by atoms with Crippen molar-refractivity contribution in [3.63, 3.8) is 0 Å². The van der Waals surface area contributed by atoms with Gasteiger partial charge in [-0.1, -0.05) is 71.1 Å². The van der Waals surface area contributed by atoms with Crippen molar-refractivity contribution in [1.82, 2.24) is 4.90 Å². The van der Waals surface area contributed by atoms with Gasteiger partial charge in [0.15, 0.2) is 0 Å². The zero-order valence-electron chi connectivity index (χ0n) is 40.7. The number of carbonyl (C=O) groups is 4. The summed E-state index contributed by atoms with van der Waals surface area (Å²) >= 11 is 0. The lowest BCUT2D eigenvalue weighted by Gasteiger charge is -2.42. The Hall–Kier alpha value is -3.08. The van der Waals surface area contributed by atoms with Crippen molar-refractivity contribution in [2.45, 2.75) is 186 Å². The summed E-state index contributed by atoms with van der Waals surface area (Å²) in [5.74, 6) is -7.35. The van der Waals surface area contributed by atoms with Gasteiger partial charge in [0, 0.05) is 52.6 Å². The number of hydrogen-bond acceptors (Lipinski definition) is 13. The molecule has 1 saturated carbocycles. The summed E-state index contributed by atoms with van der Waals surface area (Å²) in [6, 6.07) is -1.13. The van der Waals surface area contributed by atoms with E-state index in [2.05, 4.69) is 0 Å². The first-order chi connectivity index (χ1) is 30.7. The molecule has 0 aromatic carbocycles. The topological polar surface area (TPSA) is 199 Å². The molecule has 0 aromatic rings. The van der Waals surface area contributed by atoms with Gasteiger partial charge in [-0.15, -0.1) is 0 Å². The monoisotopic (exact) mass is 916 g/mol. The van der Waals surface area contributed by atoms with E-state index in [0.717, 1.165) is 12.0 Å². The number of amides is 1. The smallest absolute Gasteiger partial charge is 0.329 e. The summed E-state index contributed by atoms with van der Waals surface area (Å²) in [6.45, 7) is 13.0. The van der Waals surface area contributed by atoms with Crippen molar-refractivity contribution in [2.24, 2.45) is 35.5 Å². The third-order valence-electron chi connectivity index (χ3n) is 14.7. The molecule has 0 aromatic heterocycles. The van der Waals surface area contributed by atoms with E-state index in [0.29, 0.717) is 63.4 Å². The van der Waals surface area contributed by atoms with E-state index < -0.39 is 84.1 Å². The maximum absolute atomic E-state index is 14.4. The van der Waals surface area contributed by atoms with Crippen molar-refractivity contribution >= 4 is 23.4 Å². The fourth-order valence-corrected chi connectivity index (χ4v) is 10.3. The third kappa shape index (κ3) is 14.5. The molecule has 1 amide bonds. The lowest BCUT2D eigenvalue weighted by Crippen LogP contribution is -2.61. The number of esters is 1. The van der Waals surface area contributed by atoms with E-state index in [9.17, 15) is 39.6 Å². The molecule has 4 rings (SSSR count). The number of piperidine rings is 1. The molecule has 0 spiro atoms. The van der Waals surface area contributed by atoms with E-state index in [4.69, 9.17) is 23.7 Å². The van der Waals surface area contributed by atoms with E-state index in [-0.39, 0.29) is 54.9 Å². The van der Waals surface area contributed by atoms with Crippen LogP contribution < -0.4 is 0 Å². The number of hydrogen-bond donors (Lipinski definition) is 4. The molecular formula is C51H81NO13. The minimum atomic E-state index is -2.42. The number of aliphatic hydroxyl groups is 4. The first kappa shape index (κ1) is 54.5. The fraction of sp³-hybridized carbons (Fsp3) is 0.765. The summed E-state index contributed by atoms with van der Waals surface area (Å²) in [5.41, 5.74) is 1.34. The van der Waals surface area contributed by atoms with Crippen molar-refractivity contribution in [3.8, 4) is 0 Å². The highest BCUT2D eigenvalue weighted by atomic mass is 16.6. The number of Topliss-reactive ketones (excluding diaryl/α,β-unsaturated/α-hetero) is 2. The second kappa shape index (κ2) is 25.3. The van der Waals surface area contributed by atoms with Gasteiger partial charge in [-0.2, -0.15) is 0 Å². The highest BCUT2D eigenvalue weighted by Gasteiger charge is 2.53. The molecule has 65 heavy (non-hydrogen) atoms. The van der Waals surface area contributed by atoms with Crippen LogP contribution in [-0.2, 0) is 42.9 Å². The van der Waals surface area contributed by atoms with Crippen LogP contribution in [0.4, 0.5) is 0 Å². The van der Waals surface area contributed by atoms with Gasteiger partial charge in [0.1, 0.15) is 30.1 Å². The number of carbonyl (C=O) groups excluding carboxylic acids is 4. The normalized spacial score (nSPS) is 40.2. The molecule has 2 bridgehead atoms. The average Bonchev–Trinajstić information content (AvgIpc) is 3.28. The van der Waals surface area contributed by atoms with Crippen LogP contribution in [0.1, 0.15) is 126 Å². The van der Waals surface area contributed by atoms with Crippen molar-refractivity contribution in [3.05, 3.63) is 47.6 Å². The number of rotatable bonds is 6. The SMILES string of the molecule is CO[C@H]1C[C@@H]2CC[C@@H](C)[C@@](O)(O2)C(=O)C(=O)N2CCCCC2C(=O)O[C@H]([C@H](C)C[C@@H]2CC[C@@H](O)[C@H](OC)C2)CC(=O)[C@H](C)/C=C(\C)[C@@H](O)[C@@H](OC)C(O)[C@H](C)C[C@H](C)/C=C/C=CC=C1C. The minimum Gasteiger partial charge on any atom is -0.460 e. The van der Waals surface area contributed by atoms with Crippen LogP contribution in [0.25, 0.3) is 0 Å². The standard InChI is InChI=1S/C51H81NO13/c1-30-16-12-11-13-17-31(2)42(61-8)28-38-21-19-36(7)51(60,65-38)48(57)49(58)52-23-15-14-18-39(52)50(59)64-43(33(4)26-37-20-22-40(53)44(27-37)62-9)29-41(54)32(3)25-35(6)46(56)47(63-10)45(55)34(5)24-30/h11-13,16-17,25,30,32-34,36-40,42-47,53,55-56,60H,14-15,18-24,26-29H2,1-10H3/b13-11?,16-12+,31-17?,35-25+/t30-,32-,33-,34-,36-,37+,38+,39?,40-,42+,43+,44-,45?,46-,47+,51-/m1/s1. The molecule has 4 N–H and O–H groups in total. The van der Waals surface area contributed by atoms with Gasteiger partial charge < -0.3 is 49.0 Å². The van der Waals surface area contributed by atoms with Gasteiger partial charge in [0.25, 0.3) is 11.7 Å². The van der Waals surface area contributed by atoms with E-state index >= 15 is 0 Å². The van der Waals surface area contributed by atoms with Gasteiger partial charge in [-0.05, 0) is 113 Å². The number of nitrogens with zero attached hydrogens (tertiary/aromatic N) is 1. The first-order valence-electron chi connectivity index (χ1n) is 24.1. The summed E-state index contributed by atoms with van der Waals surface area (Å²) in [7, 11) is 4.59. The van der Waals surface area contributed by atoms with Gasteiger partial charge >= 0.3 is 5.97 Å². The highest BCUT2D eigenvalue weighted by Crippen LogP contribution is 2.38. The Kier molecular flexibility index (Phi) is 21.3. The number of methoxy groups -OCH3 is 3. The lowest BCUT2D eigenvalue weighted by molar-refractivity contribution is -0.265. The number of fused-ring (bicyclic) bond motifs is 3. The molecular weight excluding hydrogens is 835 g/mol. The quantitative estimate of drug-likeness (QED) is 0.138. The van der Waals surface area contributed by atoms with Crippen LogP contribution in [0.15, 0.2) is 47.6 Å². The van der Waals surface area contributed by atoms with Crippen LogP contribution in [0, 0.1) is 35.5 Å². The van der Waals surface area contributed by atoms with Crippen molar-refractivity contribution in [2.75, 3.05) is 27.9 Å². The van der Waals surface area contributed by atoms with E-state index in [1.165, 1.54) is 12.0 Å². The number of ether oxygens (including phenoxy) is 5. The first-order valence-corrected chi connectivity index (χ1v) is 24.1. The maximum atomic E-state index is 14.4. The number of ketones is 2. The number of aliphatic hydroxyl groups excluding tert-OH is 3. The summed E-state index contributed by atoms with van der Waals surface area (Å²) in [5, 5.41) is 45.3. The summed E-state index contributed by atoms with van der Waals surface area (Å²) < 4.78 is 29.5. The van der Waals surface area contributed by atoms with Crippen LogP contribution in [-0.4, -0.2) is 137 Å². The van der Waals surface area contributed by atoms with Crippen molar-refractivity contribution < 1.29 is 63.3 Å². The van der Waals surface area contributed by atoms with E-state index in [1.54, 1.807) is 41.1 Å². The Bertz CT molecular complexity index is 1710. The predicted octanol–water partition coefficient (Wildman–Crippen LogP) is 5.97. The maximum Gasteiger partial charge on any atom is 0.329 e. The average molecular weight is 916 g/mol. The highest BCUT2D eigenvalue weighted by molar-refractivity contribution is 6.39. The molecule has 1 aliphatic carbocycles. The number of allylic oxidation sites excluding steroid dienone is 6. The molecule has 4 aliphatic rings. The third-order valence-corrected chi connectivity index (χ3v) is 14.7. The second-order valence-corrected chi connectivity index (χ2v) is 19.8. The molecule has 368 valence electrons. The summed E-state index contributed by atoms with van der Waals surface area (Å²) in [4.78, 5) is 58.1. The molecule has 14 nitrogen and oxygen atoms in total. The largest absolute Gasteiger partial charge is 0.460 e. The molecule has 16 atom stereocenters. The molecule has 3 aliphatic heterocycles. The number of cyclic esters (lactones) is 1. The molecule has 2 saturated heterocycles. The molecule has 2 unspecified atom stereocenters. The van der Waals surface area contributed by atoms with Crippen LogP contribution >= 0.6 is 0 Å². The Morgan fingerprint density at radius 2 is 1.57 bits per heavy atom. The molecule has 3 heterocycles. The van der Waals surface area contributed by atoms with Gasteiger partial charge in [0.2, 0.25) is 5.79 Å². The van der Waals surface area contributed by atoms with Crippen LogP contribution in [0.5, 0.6) is 0 Å². The second-order valence-electron chi connectivity index (χ2n) is 19.8. The Labute approximate surface area is 387 Å². The zero-order chi connectivity index (χ0) is 48.2. The Balaban J connectivity index is 1.70. The van der Waals surface area contributed by atoms with Crippen molar-refractivity contribution in [1.29, 1.82) is 0 Å². The van der Waals surface area contributed by atoms with Gasteiger partial charge in [-0.3, -0.25) is 14.4 Å². The fourth-order valence-electron chi connectivity index (χ4n) is 10.3. The minimum absolute atomic E-state index is 0.0801. The van der Waals surface area contributed by atoms with Crippen LogP contribution in [0.2, 0.25) is 0 Å². The lowest BCUT2D eigenvalue weighted by atomic mass is 9.78. The van der Waals surface area contributed by atoms with E-state index in [1.807, 2.05) is 58.1 Å². The van der Waals surface area contributed by atoms with Gasteiger partial charge in [0.05, 0.1) is 30.5 Å². The molecule has 3 fully saturated rings. The Morgan fingerprint density at radius 3 is 2.25 bits per heavy atom. The molecule has 0 radical (unpaired) electrons. The van der Waals surface area contributed by atoms with Crippen LogP contribution in [0.3, 0.4) is 0 Å². The summed E-state index contributed by atoms with van der Waals surface area (Å²) in [6.07, 6.45) is 10.9.